The highest BCUT2D eigenvalue weighted by atomic mass is 79.9. The second kappa shape index (κ2) is 23.3. The molecule has 2 rings (SSSR count). The Balaban J connectivity index is 1.42. The number of aromatic nitrogens is 2. The lowest BCUT2D eigenvalue weighted by atomic mass is 10.0. The molecule has 1 unspecified atom stereocenters. The van der Waals surface area contributed by atoms with Crippen molar-refractivity contribution in [2.45, 2.75) is 122 Å². The SMILES string of the molecule is CCCCCCCCCCCCCCCCCCOCCOP(=O)(O)OC[C@H]1OC[C@@H](n2cc(/C=C/Br)c(=O)[nH]c2=O)O1. The number of hydrogen-bond acceptors (Lipinski definition) is 8. The molecule has 0 radical (unpaired) electrons. The van der Waals surface area contributed by atoms with Gasteiger partial charge < -0.3 is 19.1 Å². The highest BCUT2D eigenvalue weighted by molar-refractivity contribution is 9.11. The third-order valence-corrected chi connectivity index (χ3v) is 8.53. The Morgan fingerprint density at radius 2 is 1.51 bits per heavy atom. The minimum Gasteiger partial charge on any atom is -0.379 e. The third kappa shape index (κ3) is 17.2. The van der Waals surface area contributed by atoms with Crippen LogP contribution in [-0.4, -0.2) is 53.8 Å². The van der Waals surface area contributed by atoms with Crippen LogP contribution in [0, 0.1) is 0 Å². The first-order valence-electron chi connectivity index (χ1n) is 15.9. The average molecular weight is 696 g/mol. The lowest BCUT2D eigenvalue weighted by Gasteiger charge is -2.16. The molecule has 1 fully saturated rings. The first-order chi connectivity index (χ1) is 20.9. The number of aromatic amines is 1. The smallest absolute Gasteiger partial charge is 0.379 e. The Labute approximate surface area is 264 Å². The summed E-state index contributed by atoms with van der Waals surface area (Å²) in [4.78, 5) is 37.6. The molecule has 2 N–H and O–H groups in total. The topological polar surface area (TPSA) is 138 Å². The summed E-state index contributed by atoms with van der Waals surface area (Å²) in [6, 6.07) is 0. The van der Waals surface area contributed by atoms with Gasteiger partial charge in [0.2, 0.25) is 0 Å². The van der Waals surface area contributed by atoms with Gasteiger partial charge in [-0.1, -0.05) is 119 Å². The maximum absolute atomic E-state index is 12.2. The van der Waals surface area contributed by atoms with Crippen LogP contribution in [0.2, 0.25) is 0 Å². The molecule has 248 valence electrons. The minimum atomic E-state index is -4.33. The van der Waals surface area contributed by atoms with Crippen LogP contribution in [0.15, 0.2) is 20.8 Å². The number of halogens is 1. The van der Waals surface area contributed by atoms with Crippen molar-refractivity contribution in [3.63, 3.8) is 0 Å². The Bertz CT molecular complexity index is 1060. The lowest BCUT2D eigenvalue weighted by Crippen LogP contribution is -2.34. The molecule has 1 aliphatic heterocycles. The average Bonchev–Trinajstić information content (AvgIpc) is 3.45. The fraction of sp³-hybridized carbons (Fsp3) is 0.800. The van der Waals surface area contributed by atoms with Crippen molar-refractivity contribution in [1.29, 1.82) is 0 Å². The maximum atomic E-state index is 12.2. The number of nitrogens with zero attached hydrogens (tertiary/aromatic N) is 1. The van der Waals surface area contributed by atoms with E-state index in [9.17, 15) is 19.0 Å². The summed E-state index contributed by atoms with van der Waals surface area (Å²) < 4.78 is 39.8. The molecule has 0 spiro atoms. The lowest BCUT2D eigenvalue weighted by molar-refractivity contribution is -0.0987. The van der Waals surface area contributed by atoms with Crippen molar-refractivity contribution in [2.24, 2.45) is 0 Å². The number of phosphoric acid groups is 1. The Morgan fingerprint density at radius 1 is 0.930 bits per heavy atom. The molecule has 1 aliphatic rings. The van der Waals surface area contributed by atoms with Gasteiger partial charge in [-0.05, 0) is 17.5 Å². The molecule has 11 nitrogen and oxygen atoms in total. The van der Waals surface area contributed by atoms with Gasteiger partial charge in [-0.3, -0.25) is 23.4 Å². The Kier molecular flexibility index (Phi) is 20.6. The van der Waals surface area contributed by atoms with Crippen LogP contribution in [0.25, 0.3) is 6.08 Å². The van der Waals surface area contributed by atoms with Crippen LogP contribution in [0.4, 0.5) is 0 Å². The van der Waals surface area contributed by atoms with E-state index in [0.717, 1.165) is 12.8 Å². The van der Waals surface area contributed by atoms with E-state index < -0.39 is 31.6 Å². The molecule has 0 amide bonds. The monoisotopic (exact) mass is 694 g/mol. The largest absolute Gasteiger partial charge is 0.472 e. The van der Waals surface area contributed by atoms with E-state index in [4.69, 9.17) is 23.3 Å². The van der Waals surface area contributed by atoms with E-state index in [2.05, 4.69) is 27.8 Å². The number of H-pyrrole nitrogens is 1. The van der Waals surface area contributed by atoms with Gasteiger partial charge in [0, 0.05) is 12.8 Å². The molecule has 13 heteroatoms. The van der Waals surface area contributed by atoms with E-state index in [1.807, 2.05) is 0 Å². The predicted molar refractivity (Wildman–Crippen MR) is 171 cm³/mol. The zero-order valence-corrected chi connectivity index (χ0v) is 28.2. The van der Waals surface area contributed by atoms with Gasteiger partial charge >= 0.3 is 13.5 Å². The fourth-order valence-electron chi connectivity index (χ4n) is 4.84. The van der Waals surface area contributed by atoms with Gasteiger partial charge in [-0.15, -0.1) is 0 Å². The number of unbranched alkanes of at least 4 members (excludes halogenated alkanes) is 15. The van der Waals surface area contributed by atoms with E-state index in [0.29, 0.717) is 6.61 Å². The van der Waals surface area contributed by atoms with Gasteiger partial charge in [0.1, 0.15) is 6.61 Å². The first-order valence-corrected chi connectivity index (χ1v) is 18.4. The number of nitrogens with one attached hydrogen (secondary N) is 1. The van der Waals surface area contributed by atoms with Crippen LogP contribution in [0.3, 0.4) is 0 Å². The van der Waals surface area contributed by atoms with Crippen LogP contribution in [0.5, 0.6) is 0 Å². The number of rotatable bonds is 26. The number of ether oxygens (including phenoxy) is 3. The van der Waals surface area contributed by atoms with Crippen molar-refractivity contribution in [2.75, 3.05) is 33.0 Å². The van der Waals surface area contributed by atoms with E-state index in [-0.39, 0.29) is 32.0 Å². The Morgan fingerprint density at radius 3 is 2.09 bits per heavy atom. The van der Waals surface area contributed by atoms with Crippen LogP contribution < -0.4 is 11.2 Å². The van der Waals surface area contributed by atoms with Crippen molar-refractivity contribution in [1.82, 2.24) is 9.55 Å². The first kappa shape index (κ1) is 38.1. The third-order valence-electron chi connectivity index (χ3n) is 7.28. The second-order valence-electron chi connectivity index (χ2n) is 10.9. The molecule has 0 aliphatic carbocycles. The summed E-state index contributed by atoms with van der Waals surface area (Å²) in [5.41, 5.74) is -0.962. The summed E-state index contributed by atoms with van der Waals surface area (Å²) in [5.74, 6) is 0. The zero-order valence-electron chi connectivity index (χ0n) is 25.7. The number of hydrogen-bond donors (Lipinski definition) is 2. The normalized spacial score (nSPS) is 18.5. The quantitative estimate of drug-likeness (QED) is 0.0762. The summed E-state index contributed by atoms with van der Waals surface area (Å²) in [6.45, 7) is 2.56. The van der Waals surface area contributed by atoms with Gasteiger partial charge in [0.15, 0.2) is 12.5 Å². The highest BCUT2D eigenvalue weighted by Crippen LogP contribution is 2.43. The van der Waals surface area contributed by atoms with E-state index in [1.165, 1.54) is 112 Å². The van der Waals surface area contributed by atoms with E-state index in [1.54, 1.807) is 0 Å². The van der Waals surface area contributed by atoms with Gasteiger partial charge in [-0.2, -0.15) is 0 Å². The molecular weight excluding hydrogens is 643 g/mol. The van der Waals surface area contributed by atoms with E-state index >= 15 is 0 Å². The Hall–Kier alpha value is -1.11. The molecular formula is C30H52BrN2O9P. The number of phosphoric ester groups is 1. The summed E-state index contributed by atoms with van der Waals surface area (Å²) in [5, 5.41) is 0. The molecule has 0 saturated carbocycles. The van der Waals surface area contributed by atoms with Crippen molar-refractivity contribution in [3.8, 4) is 0 Å². The van der Waals surface area contributed by atoms with Crippen LogP contribution in [-0.2, 0) is 27.8 Å². The minimum absolute atomic E-state index is 0.0127. The van der Waals surface area contributed by atoms with Crippen LogP contribution >= 0.6 is 23.8 Å². The fourth-order valence-corrected chi connectivity index (χ4v) is 5.81. The summed E-state index contributed by atoms with van der Waals surface area (Å²) in [7, 11) is -4.33. The van der Waals surface area contributed by atoms with Crippen molar-refractivity contribution < 1.29 is 32.7 Å². The highest BCUT2D eigenvalue weighted by Gasteiger charge is 2.31. The van der Waals surface area contributed by atoms with Crippen LogP contribution in [0.1, 0.15) is 121 Å². The van der Waals surface area contributed by atoms with Gasteiger partial charge in [0.25, 0.3) is 5.56 Å². The molecule has 0 bridgehead atoms. The molecule has 1 saturated heterocycles. The molecule has 3 atom stereocenters. The molecule has 0 aromatic carbocycles. The molecule has 43 heavy (non-hydrogen) atoms. The zero-order chi connectivity index (χ0) is 31.2. The predicted octanol–water partition coefficient (Wildman–Crippen LogP) is 7.19. The molecule has 2 heterocycles. The van der Waals surface area contributed by atoms with Gasteiger partial charge in [-0.25, -0.2) is 9.36 Å². The summed E-state index contributed by atoms with van der Waals surface area (Å²) in [6.07, 6.45) is 22.0. The summed E-state index contributed by atoms with van der Waals surface area (Å²) >= 11 is 3.09. The van der Waals surface area contributed by atoms with Gasteiger partial charge in [0.05, 0.1) is 25.4 Å². The van der Waals surface area contributed by atoms with Crippen molar-refractivity contribution >= 4 is 29.8 Å². The molecule has 1 aromatic heterocycles. The van der Waals surface area contributed by atoms with Crippen molar-refractivity contribution in [3.05, 3.63) is 37.6 Å². The standard InChI is InChI=1S/C30H52BrN2O9P/c1-2-3-4-5-6-7-8-9-10-11-12-13-14-15-16-17-20-38-21-22-40-43(36,37)41-25-28-39-24-27(42-28)33-23-26(18-19-31)29(34)32-30(33)35/h18-19,23,27-28H,2-17,20-22,24-25H2,1H3,(H,36,37)(H,32,34,35)/b19-18+/t27-,28-/m0/s1. The maximum Gasteiger partial charge on any atom is 0.472 e. The second-order valence-corrected chi connectivity index (χ2v) is 12.9. The molecule has 1 aromatic rings.